The van der Waals surface area contributed by atoms with Crippen molar-refractivity contribution in [2.75, 3.05) is 0 Å². The summed E-state index contributed by atoms with van der Waals surface area (Å²) in [6, 6.07) is 0. The number of amides is 1. The van der Waals surface area contributed by atoms with Gasteiger partial charge in [-0.25, -0.2) is 5.11 Å². The van der Waals surface area contributed by atoms with Gasteiger partial charge in [-0.05, 0) is 25.7 Å². The second-order valence-corrected chi connectivity index (χ2v) is 6.27. The Morgan fingerprint density at radius 1 is 0.882 bits per heavy atom. The molecule has 1 heterocycles. The quantitative estimate of drug-likeness (QED) is 0.690. The molecule has 0 aromatic carbocycles. The Hall–Kier alpha value is -0.570. The third-order valence-corrected chi connectivity index (χ3v) is 5.31. The predicted molar refractivity (Wildman–Crippen MR) is 64.0 cm³/mol. The largest absolute Gasteiger partial charge is 0.347 e. The van der Waals surface area contributed by atoms with E-state index in [1.54, 1.807) is 0 Å². The first-order valence-electron chi connectivity index (χ1n) is 7.18. The Balaban J connectivity index is 1.89. The van der Waals surface area contributed by atoms with Crippen LogP contribution in [0.5, 0.6) is 0 Å². The van der Waals surface area contributed by atoms with Gasteiger partial charge in [0.15, 0.2) is 0 Å². The second kappa shape index (κ2) is 3.98. The van der Waals surface area contributed by atoms with Gasteiger partial charge < -0.3 is 5.32 Å². The number of carbonyl (C=O) groups excluding carboxylic acids is 1. The molecule has 1 amide bonds. The van der Waals surface area contributed by atoms with Crippen LogP contribution in [-0.2, 0) is 9.90 Å². The molecule has 2 spiro atoms. The molecule has 0 bridgehead atoms. The summed E-state index contributed by atoms with van der Waals surface area (Å²) in [4.78, 5) is 12.3. The van der Waals surface area contributed by atoms with Crippen LogP contribution in [0, 0.1) is 5.41 Å². The first kappa shape index (κ1) is 11.5. The fraction of sp³-hybridized carbons (Fsp3) is 0.929. The van der Waals surface area contributed by atoms with Crippen LogP contribution in [0.15, 0.2) is 0 Å². The first-order valence-corrected chi connectivity index (χ1v) is 7.18. The Kier molecular flexibility index (Phi) is 2.69. The van der Waals surface area contributed by atoms with Crippen LogP contribution in [0.3, 0.4) is 0 Å². The van der Waals surface area contributed by atoms with E-state index in [0.717, 1.165) is 51.4 Å². The molecule has 3 heteroatoms. The molecule has 0 aromatic heterocycles. The van der Waals surface area contributed by atoms with Gasteiger partial charge >= 0.3 is 0 Å². The predicted octanol–water partition coefficient (Wildman–Crippen LogP) is 2.57. The number of hydrogen-bond donors (Lipinski definition) is 1. The lowest BCUT2D eigenvalue weighted by molar-refractivity contribution is -0.136. The summed E-state index contributed by atoms with van der Waals surface area (Å²) in [5, 5.41) is 16.0. The number of carbonyl (C=O) groups is 1. The van der Waals surface area contributed by atoms with Gasteiger partial charge in [0.2, 0.25) is 5.91 Å². The van der Waals surface area contributed by atoms with Crippen molar-refractivity contribution in [1.29, 1.82) is 0 Å². The molecular weight excluding hydrogens is 214 g/mol. The first-order chi connectivity index (χ1) is 8.20. The maximum absolute atomic E-state index is 12.9. The van der Waals surface area contributed by atoms with Gasteiger partial charge in [-0.3, -0.25) is 4.79 Å². The lowest BCUT2D eigenvalue weighted by Gasteiger charge is -2.39. The van der Waals surface area contributed by atoms with Crippen LogP contribution >= 0.6 is 0 Å². The van der Waals surface area contributed by atoms with E-state index in [1.165, 1.54) is 12.8 Å². The zero-order valence-corrected chi connectivity index (χ0v) is 10.5. The minimum absolute atomic E-state index is 0.0825. The van der Waals surface area contributed by atoms with Crippen molar-refractivity contribution in [3.63, 3.8) is 0 Å². The second-order valence-electron chi connectivity index (χ2n) is 6.27. The summed E-state index contributed by atoms with van der Waals surface area (Å²) in [6.07, 6.45) is 9.52. The van der Waals surface area contributed by atoms with E-state index in [2.05, 4.69) is 5.32 Å². The molecule has 0 aromatic rings. The summed E-state index contributed by atoms with van der Waals surface area (Å²) < 4.78 is 0. The smallest absolute Gasteiger partial charge is 0.229 e. The molecule has 2 saturated carbocycles. The van der Waals surface area contributed by atoms with Crippen molar-refractivity contribution < 1.29 is 9.90 Å². The Morgan fingerprint density at radius 3 is 2.00 bits per heavy atom. The van der Waals surface area contributed by atoms with Crippen LogP contribution in [0.25, 0.3) is 0 Å². The third kappa shape index (κ3) is 1.55. The lowest BCUT2D eigenvalue weighted by atomic mass is 9.65. The maximum Gasteiger partial charge on any atom is 0.229 e. The average Bonchev–Trinajstić information content (AvgIpc) is 2.55. The van der Waals surface area contributed by atoms with Gasteiger partial charge in [0, 0.05) is 0 Å². The maximum atomic E-state index is 12.9. The number of rotatable bonds is 0. The highest BCUT2D eigenvalue weighted by molar-refractivity contribution is 5.87. The highest BCUT2D eigenvalue weighted by atomic mass is 16.3. The number of hydrogen-bond acceptors (Lipinski definition) is 1. The van der Waals surface area contributed by atoms with Crippen molar-refractivity contribution in [2.45, 2.75) is 75.9 Å². The molecule has 17 heavy (non-hydrogen) atoms. The molecule has 3 rings (SSSR count). The standard InChI is InChI=1S/C14H22NO2/c16-11-13(7-3-1-4-8-13)12(17)15-14(11)9-5-2-6-10-14/h11H,1-10H2,(H,15,17). The van der Waals surface area contributed by atoms with Crippen LogP contribution < -0.4 is 5.32 Å². The highest BCUT2D eigenvalue weighted by Gasteiger charge is 2.62. The molecular formula is C14H22NO2. The molecule has 2 aliphatic carbocycles. The highest BCUT2D eigenvalue weighted by Crippen LogP contribution is 2.51. The van der Waals surface area contributed by atoms with Crippen molar-refractivity contribution in [3.8, 4) is 0 Å². The summed E-state index contributed by atoms with van der Waals surface area (Å²) in [5.41, 5.74) is -0.928. The zero-order chi connectivity index (χ0) is 11.9. The third-order valence-electron chi connectivity index (χ3n) is 5.31. The summed E-state index contributed by atoms with van der Waals surface area (Å²) in [7, 11) is 0. The van der Waals surface area contributed by atoms with E-state index in [1.807, 2.05) is 0 Å². The summed E-state index contributed by atoms with van der Waals surface area (Å²) >= 11 is 0. The van der Waals surface area contributed by atoms with Crippen LogP contribution in [0.4, 0.5) is 0 Å². The average molecular weight is 236 g/mol. The molecule has 1 N–H and O–H groups in total. The molecule has 1 saturated heterocycles. The van der Waals surface area contributed by atoms with E-state index in [0.29, 0.717) is 0 Å². The van der Waals surface area contributed by atoms with E-state index in [4.69, 9.17) is 0 Å². The van der Waals surface area contributed by atoms with Crippen molar-refractivity contribution >= 4 is 5.91 Å². The zero-order valence-electron chi connectivity index (χ0n) is 10.5. The lowest BCUT2D eigenvalue weighted by Crippen LogP contribution is -2.51. The molecule has 95 valence electrons. The van der Waals surface area contributed by atoms with E-state index in [9.17, 15) is 9.90 Å². The minimum atomic E-state index is -0.692. The molecule has 1 unspecified atom stereocenters. The molecule has 3 aliphatic rings. The topological polar surface area (TPSA) is 49.0 Å². The summed E-state index contributed by atoms with van der Waals surface area (Å²) in [5.74, 6) is 0.0825. The van der Waals surface area contributed by atoms with Gasteiger partial charge in [0.25, 0.3) is 0 Å². The Morgan fingerprint density at radius 2 is 1.41 bits per heavy atom. The van der Waals surface area contributed by atoms with Gasteiger partial charge in [0.1, 0.15) is 6.10 Å². The normalized spacial score (nSPS) is 35.1. The van der Waals surface area contributed by atoms with Crippen LogP contribution in [0.2, 0.25) is 0 Å². The van der Waals surface area contributed by atoms with E-state index < -0.39 is 11.5 Å². The molecule has 1 radical (unpaired) electrons. The van der Waals surface area contributed by atoms with Crippen LogP contribution in [0.1, 0.15) is 64.2 Å². The van der Waals surface area contributed by atoms with Crippen molar-refractivity contribution in [1.82, 2.24) is 5.32 Å². The van der Waals surface area contributed by atoms with E-state index >= 15 is 0 Å². The van der Waals surface area contributed by atoms with Gasteiger partial charge in [-0.1, -0.05) is 38.5 Å². The number of nitrogens with one attached hydrogen (secondary N) is 1. The van der Waals surface area contributed by atoms with E-state index in [-0.39, 0.29) is 11.4 Å². The molecule has 1 aliphatic heterocycles. The van der Waals surface area contributed by atoms with Crippen molar-refractivity contribution in [2.24, 2.45) is 5.41 Å². The molecule has 1 atom stereocenters. The van der Waals surface area contributed by atoms with Crippen molar-refractivity contribution in [3.05, 3.63) is 0 Å². The Bertz CT molecular complexity index is 314. The SMILES string of the molecule is [O]C1C2(CCCCC2)NC(=O)C12CCCCC2. The molecule has 3 nitrogen and oxygen atoms in total. The monoisotopic (exact) mass is 236 g/mol. The van der Waals surface area contributed by atoms with Crippen LogP contribution in [-0.4, -0.2) is 17.6 Å². The summed E-state index contributed by atoms with van der Waals surface area (Å²) in [6.45, 7) is 0. The Labute approximate surface area is 103 Å². The fourth-order valence-corrected chi connectivity index (χ4v) is 4.31. The van der Waals surface area contributed by atoms with Gasteiger partial charge in [-0.2, -0.15) is 0 Å². The minimum Gasteiger partial charge on any atom is -0.347 e. The fourth-order valence-electron chi connectivity index (χ4n) is 4.31. The van der Waals surface area contributed by atoms with Gasteiger partial charge in [-0.15, -0.1) is 0 Å². The van der Waals surface area contributed by atoms with Gasteiger partial charge in [0.05, 0.1) is 11.0 Å². The molecule has 3 fully saturated rings.